The van der Waals surface area contributed by atoms with Gasteiger partial charge in [0.2, 0.25) is 0 Å². The van der Waals surface area contributed by atoms with E-state index in [4.69, 9.17) is 14.2 Å². The second kappa shape index (κ2) is 7.76. The van der Waals surface area contributed by atoms with Crippen LogP contribution in [0.25, 0.3) is 0 Å². The van der Waals surface area contributed by atoms with Crippen LogP contribution in [0.1, 0.15) is 51.9 Å². The fourth-order valence-electron chi connectivity index (χ4n) is 2.26. The van der Waals surface area contributed by atoms with Gasteiger partial charge >= 0.3 is 6.09 Å². The highest BCUT2D eigenvalue weighted by molar-refractivity contribution is 6.04. The molecule has 1 unspecified atom stereocenters. The molecule has 1 atom stereocenters. The fourth-order valence-corrected chi connectivity index (χ4v) is 2.26. The lowest BCUT2D eigenvalue weighted by atomic mass is 9.82. The lowest BCUT2D eigenvalue weighted by molar-refractivity contribution is 0.0445. The van der Waals surface area contributed by atoms with Crippen molar-refractivity contribution in [2.75, 3.05) is 14.2 Å². The first-order chi connectivity index (χ1) is 11.4. The average molecular weight is 351 g/mol. The highest BCUT2D eigenvalue weighted by atomic mass is 16.6. The largest absolute Gasteiger partial charge is 0.497 e. The van der Waals surface area contributed by atoms with Crippen molar-refractivity contribution in [2.45, 2.75) is 53.2 Å². The van der Waals surface area contributed by atoms with Crippen LogP contribution in [-0.2, 0) is 4.74 Å². The lowest BCUT2D eigenvalue weighted by Gasteiger charge is -2.31. The van der Waals surface area contributed by atoms with Gasteiger partial charge in [0.15, 0.2) is 5.78 Å². The average Bonchev–Trinajstić information content (AvgIpc) is 2.48. The van der Waals surface area contributed by atoms with Crippen molar-refractivity contribution in [2.24, 2.45) is 5.41 Å². The highest BCUT2D eigenvalue weighted by Gasteiger charge is 2.35. The first kappa shape index (κ1) is 20.8. The number of Topliss-reactive ketones (excluding diaryl/α,β-unsaturated/α-hetero) is 1. The summed E-state index contributed by atoms with van der Waals surface area (Å²) in [4.78, 5) is 25.3. The number of hydrogen-bond donors (Lipinski definition) is 1. The molecule has 0 aliphatic carbocycles. The smallest absolute Gasteiger partial charge is 0.408 e. The first-order valence-electron chi connectivity index (χ1n) is 8.15. The molecule has 1 aromatic carbocycles. The second-order valence-corrected chi connectivity index (χ2v) is 7.88. The Morgan fingerprint density at radius 3 is 2.04 bits per heavy atom. The van der Waals surface area contributed by atoms with E-state index in [1.807, 2.05) is 20.8 Å². The standard InChI is InChI=1S/C19H29NO5/c1-18(2,3)16(20-17(22)25-19(4,5)6)15(21)13-10-9-12(23-7)11-14(13)24-8/h9-11,16H,1-8H3,(H,20,22). The molecule has 0 aliphatic rings. The van der Waals surface area contributed by atoms with Gasteiger partial charge in [0.25, 0.3) is 0 Å². The minimum Gasteiger partial charge on any atom is -0.497 e. The van der Waals surface area contributed by atoms with Gasteiger partial charge in [-0.05, 0) is 38.3 Å². The molecule has 0 saturated carbocycles. The zero-order valence-electron chi connectivity index (χ0n) is 16.4. The van der Waals surface area contributed by atoms with E-state index in [0.29, 0.717) is 17.1 Å². The van der Waals surface area contributed by atoms with Crippen LogP contribution in [0.2, 0.25) is 0 Å². The number of carbonyl (C=O) groups excluding carboxylic acids is 2. The molecule has 1 amide bonds. The molecule has 0 spiro atoms. The van der Waals surface area contributed by atoms with E-state index in [1.165, 1.54) is 14.2 Å². The Balaban J connectivity index is 3.16. The lowest BCUT2D eigenvalue weighted by Crippen LogP contribution is -2.50. The summed E-state index contributed by atoms with van der Waals surface area (Å²) in [7, 11) is 3.03. The molecule has 0 aromatic heterocycles. The third-order valence-corrected chi connectivity index (χ3v) is 3.46. The number of rotatable bonds is 5. The molecule has 25 heavy (non-hydrogen) atoms. The minimum atomic E-state index is -0.773. The molecule has 0 bridgehead atoms. The maximum absolute atomic E-state index is 13.1. The quantitative estimate of drug-likeness (QED) is 0.816. The van der Waals surface area contributed by atoms with Gasteiger partial charge in [0.1, 0.15) is 23.1 Å². The van der Waals surface area contributed by atoms with E-state index in [9.17, 15) is 9.59 Å². The molecule has 0 aliphatic heterocycles. The van der Waals surface area contributed by atoms with Crippen LogP contribution in [0.15, 0.2) is 18.2 Å². The van der Waals surface area contributed by atoms with Crippen molar-refractivity contribution >= 4 is 11.9 Å². The monoisotopic (exact) mass is 351 g/mol. The van der Waals surface area contributed by atoms with Gasteiger partial charge in [-0.3, -0.25) is 4.79 Å². The third-order valence-electron chi connectivity index (χ3n) is 3.46. The number of benzene rings is 1. The number of alkyl carbamates (subject to hydrolysis) is 1. The van der Waals surface area contributed by atoms with Crippen molar-refractivity contribution < 1.29 is 23.8 Å². The topological polar surface area (TPSA) is 73.9 Å². The minimum absolute atomic E-state index is 0.252. The van der Waals surface area contributed by atoms with Crippen LogP contribution in [0.4, 0.5) is 4.79 Å². The molecule has 140 valence electrons. The van der Waals surface area contributed by atoms with Crippen molar-refractivity contribution in [3.05, 3.63) is 23.8 Å². The van der Waals surface area contributed by atoms with Crippen LogP contribution in [0, 0.1) is 5.41 Å². The Morgan fingerprint density at radius 2 is 1.60 bits per heavy atom. The molecule has 6 nitrogen and oxygen atoms in total. The Hall–Kier alpha value is -2.24. The van der Waals surface area contributed by atoms with Crippen molar-refractivity contribution in [3.63, 3.8) is 0 Å². The van der Waals surface area contributed by atoms with Gasteiger partial charge in [0.05, 0.1) is 19.8 Å². The zero-order valence-corrected chi connectivity index (χ0v) is 16.4. The Bertz CT molecular complexity index is 626. The highest BCUT2D eigenvalue weighted by Crippen LogP contribution is 2.30. The van der Waals surface area contributed by atoms with E-state index in [1.54, 1.807) is 39.0 Å². The molecule has 1 aromatic rings. The van der Waals surface area contributed by atoms with E-state index in [-0.39, 0.29) is 5.78 Å². The summed E-state index contributed by atoms with van der Waals surface area (Å²) in [5, 5.41) is 2.69. The number of amides is 1. The SMILES string of the molecule is COc1ccc(C(=O)C(NC(=O)OC(C)(C)C)C(C)(C)C)c(OC)c1. The first-order valence-corrected chi connectivity index (χ1v) is 8.15. The normalized spacial score (nSPS) is 13.0. The predicted molar refractivity (Wildman–Crippen MR) is 96.5 cm³/mol. The number of hydrogen-bond acceptors (Lipinski definition) is 5. The van der Waals surface area contributed by atoms with Gasteiger partial charge in [-0.1, -0.05) is 20.8 Å². The fraction of sp³-hybridized carbons (Fsp3) is 0.579. The predicted octanol–water partition coefficient (Wildman–Crippen LogP) is 3.83. The summed E-state index contributed by atoms with van der Waals surface area (Å²) in [6, 6.07) is 4.18. The number of carbonyl (C=O) groups is 2. The number of nitrogens with one attached hydrogen (secondary N) is 1. The maximum Gasteiger partial charge on any atom is 0.408 e. The molecule has 0 radical (unpaired) electrons. The molecule has 6 heteroatoms. The van der Waals surface area contributed by atoms with Crippen LogP contribution in [-0.4, -0.2) is 37.7 Å². The maximum atomic E-state index is 13.1. The van der Waals surface area contributed by atoms with Crippen molar-refractivity contribution in [3.8, 4) is 11.5 Å². The van der Waals surface area contributed by atoms with Crippen molar-refractivity contribution in [1.82, 2.24) is 5.32 Å². The summed E-state index contributed by atoms with van der Waals surface area (Å²) in [6.45, 7) is 10.9. The van der Waals surface area contributed by atoms with Gasteiger partial charge in [-0.2, -0.15) is 0 Å². The summed E-state index contributed by atoms with van der Waals surface area (Å²) in [5.41, 5.74) is -0.786. The zero-order chi connectivity index (χ0) is 19.4. The van der Waals surface area contributed by atoms with E-state index < -0.39 is 23.2 Å². The summed E-state index contributed by atoms with van der Waals surface area (Å²) in [6.07, 6.45) is -0.631. The van der Waals surface area contributed by atoms with Gasteiger partial charge in [0, 0.05) is 6.07 Å². The Kier molecular flexibility index (Phi) is 6.46. The second-order valence-electron chi connectivity index (χ2n) is 7.88. The number of ketones is 1. The molecule has 1 N–H and O–H groups in total. The summed E-state index contributed by atoms with van der Waals surface area (Å²) >= 11 is 0. The van der Waals surface area contributed by atoms with E-state index >= 15 is 0 Å². The molecule has 0 fully saturated rings. The van der Waals surface area contributed by atoms with Gasteiger partial charge in [-0.25, -0.2) is 4.79 Å². The van der Waals surface area contributed by atoms with Crippen LogP contribution >= 0.6 is 0 Å². The molecule has 0 heterocycles. The van der Waals surface area contributed by atoms with Crippen LogP contribution in [0.3, 0.4) is 0 Å². The molecular formula is C19H29NO5. The molecular weight excluding hydrogens is 322 g/mol. The third kappa shape index (κ3) is 5.96. The molecule has 0 saturated heterocycles. The van der Waals surface area contributed by atoms with Gasteiger partial charge < -0.3 is 19.5 Å². The van der Waals surface area contributed by atoms with Crippen molar-refractivity contribution in [1.29, 1.82) is 0 Å². The van der Waals surface area contributed by atoms with Crippen LogP contribution < -0.4 is 14.8 Å². The summed E-state index contributed by atoms with van der Waals surface area (Å²) < 4.78 is 15.8. The Labute approximate surface area is 149 Å². The number of ether oxygens (including phenoxy) is 3. The van der Waals surface area contributed by atoms with Crippen LogP contribution in [0.5, 0.6) is 11.5 Å². The van der Waals surface area contributed by atoms with E-state index in [0.717, 1.165) is 0 Å². The summed E-state index contributed by atoms with van der Waals surface area (Å²) in [5.74, 6) is 0.725. The van der Waals surface area contributed by atoms with E-state index in [2.05, 4.69) is 5.32 Å². The van der Waals surface area contributed by atoms with Gasteiger partial charge in [-0.15, -0.1) is 0 Å². The molecule has 1 rings (SSSR count). The Morgan fingerprint density at radius 1 is 1.00 bits per heavy atom. The number of methoxy groups -OCH3 is 2.